The predicted molar refractivity (Wildman–Crippen MR) is 61.2 cm³/mol. The Labute approximate surface area is 92.0 Å². The molecule has 0 amide bonds. The van der Waals surface area contributed by atoms with Gasteiger partial charge in [-0.05, 0) is 19.4 Å². The van der Waals surface area contributed by atoms with E-state index in [0.717, 1.165) is 28.9 Å². The summed E-state index contributed by atoms with van der Waals surface area (Å²) in [7, 11) is 0. The fourth-order valence-corrected chi connectivity index (χ4v) is 2.84. The highest BCUT2D eigenvalue weighted by Crippen LogP contribution is 2.29. The molecule has 0 aromatic carbocycles. The number of nitrogens with zero attached hydrogens (tertiary/aromatic N) is 2. The molecule has 2 heterocycles. The zero-order valence-corrected chi connectivity index (χ0v) is 9.74. The van der Waals surface area contributed by atoms with Gasteiger partial charge in [-0.15, -0.1) is 11.3 Å². The van der Waals surface area contributed by atoms with Crippen LogP contribution in [-0.2, 0) is 6.42 Å². The molecule has 0 saturated carbocycles. The Kier molecular flexibility index (Phi) is 2.70. The molecule has 0 aliphatic carbocycles. The second-order valence-corrected chi connectivity index (χ2v) is 4.73. The smallest absolute Gasteiger partial charge is 0.150 e. The Hall–Kier alpha value is -0.670. The maximum Gasteiger partial charge on any atom is 0.150 e. The van der Waals surface area contributed by atoms with Crippen molar-refractivity contribution in [2.45, 2.75) is 26.7 Å². The highest BCUT2D eigenvalue weighted by Gasteiger charge is 2.07. The molecule has 0 atom stereocenters. The summed E-state index contributed by atoms with van der Waals surface area (Å²) in [6.45, 7) is 4.03. The fraction of sp³-hybridized carbons (Fsp3) is 0.400. The molecular weight excluding hydrogens is 216 g/mol. The second-order valence-electron chi connectivity index (χ2n) is 3.24. The van der Waals surface area contributed by atoms with Crippen molar-refractivity contribution in [3.05, 3.63) is 21.9 Å². The molecule has 0 bridgehead atoms. The van der Waals surface area contributed by atoms with E-state index < -0.39 is 0 Å². The van der Waals surface area contributed by atoms with E-state index in [-0.39, 0.29) is 0 Å². The summed E-state index contributed by atoms with van der Waals surface area (Å²) in [6, 6.07) is 2.12. The Morgan fingerprint density at radius 1 is 1.43 bits per heavy atom. The van der Waals surface area contributed by atoms with Gasteiger partial charge in [0.15, 0.2) is 5.15 Å². The largest absolute Gasteiger partial charge is 0.232 e. The third-order valence-corrected chi connectivity index (χ3v) is 3.57. The summed E-state index contributed by atoms with van der Waals surface area (Å²) in [5, 5.41) is 0.583. The summed E-state index contributed by atoms with van der Waals surface area (Å²) in [5.74, 6) is 0.739. The standard InChI is InChI=1S/C10H11ClN2S/c1-3-4-7-5-8-9(14-7)10(11)13-6(2)12-8/h5H,3-4H2,1-2H3. The van der Waals surface area contributed by atoms with E-state index in [1.54, 1.807) is 11.3 Å². The van der Waals surface area contributed by atoms with Gasteiger partial charge in [-0.25, -0.2) is 9.97 Å². The topological polar surface area (TPSA) is 25.8 Å². The summed E-state index contributed by atoms with van der Waals surface area (Å²) in [6.07, 6.45) is 2.24. The van der Waals surface area contributed by atoms with Crippen molar-refractivity contribution in [2.24, 2.45) is 0 Å². The van der Waals surface area contributed by atoms with Crippen LogP contribution in [0.4, 0.5) is 0 Å². The molecule has 14 heavy (non-hydrogen) atoms. The number of hydrogen-bond acceptors (Lipinski definition) is 3. The normalized spacial score (nSPS) is 11.1. The quantitative estimate of drug-likeness (QED) is 0.732. The molecule has 0 radical (unpaired) electrons. The molecule has 74 valence electrons. The van der Waals surface area contributed by atoms with Crippen molar-refractivity contribution in [1.29, 1.82) is 0 Å². The van der Waals surface area contributed by atoms with Gasteiger partial charge >= 0.3 is 0 Å². The number of aryl methyl sites for hydroxylation is 2. The number of fused-ring (bicyclic) bond motifs is 1. The summed E-state index contributed by atoms with van der Waals surface area (Å²) in [4.78, 5) is 9.83. The highest BCUT2D eigenvalue weighted by atomic mass is 35.5. The van der Waals surface area contributed by atoms with Crippen LogP contribution in [0.1, 0.15) is 24.0 Å². The van der Waals surface area contributed by atoms with Gasteiger partial charge in [-0.1, -0.05) is 24.9 Å². The van der Waals surface area contributed by atoms with Gasteiger partial charge in [0.1, 0.15) is 5.82 Å². The average Bonchev–Trinajstić information content (AvgIpc) is 2.48. The van der Waals surface area contributed by atoms with Gasteiger partial charge in [0, 0.05) is 4.88 Å². The van der Waals surface area contributed by atoms with E-state index in [2.05, 4.69) is 23.0 Å². The highest BCUT2D eigenvalue weighted by molar-refractivity contribution is 7.19. The van der Waals surface area contributed by atoms with Crippen LogP contribution in [0.3, 0.4) is 0 Å². The SMILES string of the molecule is CCCc1cc2nc(C)nc(Cl)c2s1. The van der Waals surface area contributed by atoms with Crippen molar-refractivity contribution >= 4 is 33.2 Å². The van der Waals surface area contributed by atoms with Crippen molar-refractivity contribution < 1.29 is 0 Å². The first-order valence-corrected chi connectivity index (χ1v) is 5.82. The lowest BCUT2D eigenvalue weighted by Crippen LogP contribution is -1.86. The molecule has 0 N–H and O–H groups in total. The van der Waals surface area contributed by atoms with Gasteiger partial charge in [0.2, 0.25) is 0 Å². The zero-order valence-electron chi connectivity index (χ0n) is 8.17. The molecule has 2 aromatic heterocycles. The molecule has 0 aliphatic heterocycles. The number of hydrogen-bond donors (Lipinski definition) is 0. The van der Waals surface area contributed by atoms with E-state index in [1.807, 2.05) is 6.92 Å². The molecule has 0 saturated heterocycles. The molecule has 0 aliphatic rings. The minimum Gasteiger partial charge on any atom is -0.232 e. The Balaban J connectivity index is 2.58. The zero-order chi connectivity index (χ0) is 10.1. The second kappa shape index (κ2) is 3.83. The van der Waals surface area contributed by atoms with E-state index in [0.29, 0.717) is 5.15 Å². The third-order valence-electron chi connectivity index (χ3n) is 1.99. The van der Waals surface area contributed by atoms with E-state index in [9.17, 15) is 0 Å². The average molecular weight is 227 g/mol. The monoisotopic (exact) mass is 226 g/mol. The predicted octanol–water partition coefficient (Wildman–Crippen LogP) is 3.61. The van der Waals surface area contributed by atoms with Crippen LogP contribution in [0.5, 0.6) is 0 Å². The van der Waals surface area contributed by atoms with Gasteiger partial charge in [0.05, 0.1) is 10.2 Å². The number of rotatable bonds is 2. The summed E-state index contributed by atoms with van der Waals surface area (Å²) in [5.41, 5.74) is 0.982. The first kappa shape index (κ1) is 9.87. The fourth-order valence-electron chi connectivity index (χ4n) is 1.42. The van der Waals surface area contributed by atoms with Gasteiger partial charge < -0.3 is 0 Å². The van der Waals surface area contributed by atoms with Crippen LogP contribution in [0, 0.1) is 6.92 Å². The molecule has 0 spiro atoms. The van der Waals surface area contributed by atoms with Crippen LogP contribution in [0.2, 0.25) is 5.15 Å². The first-order valence-electron chi connectivity index (χ1n) is 4.63. The van der Waals surface area contributed by atoms with Crippen molar-refractivity contribution in [2.75, 3.05) is 0 Å². The molecule has 0 fully saturated rings. The first-order chi connectivity index (χ1) is 6.70. The van der Waals surface area contributed by atoms with Crippen LogP contribution < -0.4 is 0 Å². The molecule has 0 unspecified atom stereocenters. The maximum absolute atomic E-state index is 6.04. The molecule has 2 nitrogen and oxygen atoms in total. The minimum atomic E-state index is 0.583. The Bertz CT molecular complexity index is 464. The lowest BCUT2D eigenvalue weighted by molar-refractivity contribution is 0.940. The minimum absolute atomic E-state index is 0.583. The lowest BCUT2D eigenvalue weighted by Gasteiger charge is -1.93. The van der Waals surface area contributed by atoms with Gasteiger partial charge in [-0.2, -0.15) is 0 Å². The van der Waals surface area contributed by atoms with E-state index in [4.69, 9.17) is 11.6 Å². The molecule has 2 rings (SSSR count). The molecule has 4 heteroatoms. The summed E-state index contributed by atoms with van der Waals surface area (Å²) < 4.78 is 1.01. The Morgan fingerprint density at radius 2 is 2.21 bits per heavy atom. The summed E-state index contributed by atoms with van der Waals surface area (Å²) >= 11 is 7.74. The molecular formula is C10H11ClN2S. The third kappa shape index (κ3) is 1.74. The van der Waals surface area contributed by atoms with Crippen LogP contribution >= 0.6 is 22.9 Å². The molecule has 2 aromatic rings. The number of aromatic nitrogens is 2. The van der Waals surface area contributed by atoms with E-state index >= 15 is 0 Å². The van der Waals surface area contributed by atoms with Crippen molar-refractivity contribution in [1.82, 2.24) is 9.97 Å². The lowest BCUT2D eigenvalue weighted by atomic mass is 10.3. The van der Waals surface area contributed by atoms with Crippen LogP contribution in [-0.4, -0.2) is 9.97 Å². The number of thiophene rings is 1. The maximum atomic E-state index is 6.04. The van der Waals surface area contributed by atoms with Crippen molar-refractivity contribution in [3.63, 3.8) is 0 Å². The van der Waals surface area contributed by atoms with Gasteiger partial charge in [0.25, 0.3) is 0 Å². The van der Waals surface area contributed by atoms with E-state index in [1.165, 1.54) is 4.88 Å². The number of halogens is 1. The van der Waals surface area contributed by atoms with Crippen LogP contribution in [0.15, 0.2) is 6.07 Å². The Morgan fingerprint density at radius 3 is 2.93 bits per heavy atom. The van der Waals surface area contributed by atoms with Gasteiger partial charge in [-0.3, -0.25) is 0 Å². The van der Waals surface area contributed by atoms with Crippen molar-refractivity contribution in [3.8, 4) is 0 Å². The van der Waals surface area contributed by atoms with Crippen LogP contribution in [0.25, 0.3) is 10.2 Å².